The lowest BCUT2D eigenvalue weighted by atomic mass is 10.0. The third-order valence-electron chi connectivity index (χ3n) is 6.11. The Morgan fingerprint density at radius 3 is 2.09 bits per heavy atom. The van der Waals surface area contributed by atoms with E-state index < -0.39 is 60.0 Å². The number of hydrogen-bond donors (Lipinski definition) is 2. The zero-order valence-corrected chi connectivity index (χ0v) is 22.3. The Labute approximate surface area is 242 Å². The summed E-state index contributed by atoms with van der Waals surface area (Å²) in [4.78, 5) is 55.1. The lowest BCUT2D eigenvalue weighted by Crippen LogP contribution is -2.49. The molecule has 1 unspecified atom stereocenters. The predicted molar refractivity (Wildman–Crippen MR) is 147 cm³/mol. The molecule has 9 nitrogen and oxygen atoms in total. The van der Waals surface area contributed by atoms with Gasteiger partial charge in [0.05, 0.1) is 6.20 Å². The maximum atomic E-state index is 13.6. The SMILES string of the molecule is O=C(Cn1c(-c2ccc(F)cc2)ncc(NC(=O)OCc2ccccc2)c1=O)NC(Cc1ccccc1)C(=O)C(F)(F)F. The monoisotopic (exact) mass is 596 g/mol. The Morgan fingerprint density at radius 2 is 1.49 bits per heavy atom. The molecule has 0 fully saturated rings. The topological polar surface area (TPSA) is 119 Å². The van der Waals surface area contributed by atoms with Crippen molar-refractivity contribution in [3.63, 3.8) is 0 Å². The second-order valence-corrected chi connectivity index (χ2v) is 9.25. The van der Waals surface area contributed by atoms with Gasteiger partial charge in [-0.25, -0.2) is 14.2 Å². The summed E-state index contributed by atoms with van der Waals surface area (Å²) in [7, 11) is 0. The fraction of sp³-hybridized carbons (Fsp3) is 0.167. The minimum absolute atomic E-state index is 0.111. The van der Waals surface area contributed by atoms with Crippen molar-refractivity contribution in [3.05, 3.63) is 118 Å². The van der Waals surface area contributed by atoms with E-state index in [-0.39, 0.29) is 18.0 Å². The molecule has 4 aromatic rings. The van der Waals surface area contributed by atoms with Crippen molar-refractivity contribution in [1.82, 2.24) is 14.9 Å². The summed E-state index contributed by atoms with van der Waals surface area (Å²) in [6, 6.07) is 19.2. The summed E-state index contributed by atoms with van der Waals surface area (Å²) in [5.74, 6) is -4.03. The van der Waals surface area contributed by atoms with Gasteiger partial charge >= 0.3 is 12.3 Å². The Bertz CT molecular complexity index is 1640. The number of aromatic nitrogens is 2. The van der Waals surface area contributed by atoms with Crippen molar-refractivity contribution in [2.45, 2.75) is 31.8 Å². The smallest absolute Gasteiger partial charge is 0.444 e. The van der Waals surface area contributed by atoms with Gasteiger partial charge in [0.15, 0.2) is 0 Å². The Balaban J connectivity index is 1.60. The van der Waals surface area contributed by atoms with E-state index in [0.717, 1.165) is 22.9 Å². The molecule has 0 spiro atoms. The van der Waals surface area contributed by atoms with Crippen LogP contribution in [-0.2, 0) is 33.9 Å². The van der Waals surface area contributed by atoms with Crippen LogP contribution in [0.1, 0.15) is 11.1 Å². The van der Waals surface area contributed by atoms with Crippen LogP contribution in [0.15, 0.2) is 95.9 Å². The maximum absolute atomic E-state index is 13.6. The van der Waals surface area contributed by atoms with E-state index in [1.54, 1.807) is 48.5 Å². The normalized spacial score (nSPS) is 11.8. The number of carbonyl (C=O) groups is 3. The highest BCUT2D eigenvalue weighted by atomic mass is 19.4. The molecule has 0 aliphatic rings. The number of rotatable bonds is 10. The van der Waals surface area contributed by atoms with Crippen LogP contribution in [0.25, 0.3) is 11.4 Å². The number of Topliss-reactive ketones (excluding diaryl/α,β-unsaturated/α-hetero) is 1. The van der Waals surface area contributed by atoms with Crippen LogP contribution in [-0.4, -0.2) is 39.6 Å². The fourth-order valence-corrected chi connectivity index (χ4v) is 4.06. The fourth-order valence-electron chi connectivity index (χ4n) is 4.06. The number of carbonyl (C=O) groups excluding carboxylic acids is 3. The molecule has 2 N–H and O–H groups in total. The Morgan fingerprint density at radius 1 is 0.884 bits per heavy atom. The van der Waals surface area contributed by atoms with Crippen LogP contribution in [0.3, 0.4) is 0 Å². The highest BCUT2D eigenvalue weighted by Crippen LogP contribution is 2.21. The third-order valence-corrected chi connectivity index (χ3v) is 6.11. The van der Waals surface area contributed by atoms with E-state index in [2.05, 4.69) is 15.6 Å². The van der Waals surface area contributed by atoms with Crippen molar-refractivity contribution >= 4 is 23.5 Å². The average molecular weight is 597 g/mol. The molecule has 43 heavy (non-hydrogen) atoms. The lowest BCUT2D eigenvalue weighted by Gasteiger charge is -2.20. The highest BCUT2D eigenvalue weighted by Gasteiger charge is 2.44. The van der Waals surface area contributed by atoms with Crippen LogP contribution in [0.4, 0.5) is 28.0 Å². The van der Waals surface area contributed by atoms with Gasteiger partial charge in [-0.3, -0.25) is 24.3 Å². The zero-order valence-electron chi connectivity index (χ0n) is 22.3. The largest absolute Gasteiger partial charge is 0.452 e. The summed E-state index contributed by atoms with van der Waals surface area (Å²) >= 11 is 0. The van der Waals surface area contributed by atoms with Gasteiger partial charge < -0.3 is 10.1 Å². The van der Waals surface area contributed by atoms with Crippen molar-refractivity contribution < 1.29 is 36.7 Å². The first kappa shape index (κ1) is 30.6. The molecule has 1 heterocycles. The molecule has 0 aliphatic carbocycles. The van der Waals surface area contributed by atoms with Crippen LogP contribution in [0.2, 0.25) is 0 Å². The van der Waals surface area contributed by atoms with Gasteiger partial charge in [-0.15, -0.1) is 0 Å². The molecule has 0 radical (unpaired) electrons. The first-order valence-electron chi connectivity index (χ1n) is 12.8. The van der Waals surface area contributed by atoms with E-state index >= 15 is 0 Å². The number of nitrogens with one attached hydrogen (secondary N) is 2. The molecule has 0 bridgehead atoms. The predicted octanol–water partition coefficient (Wildman–Crippen LogP) is 4.66. The van der Waals surface area contributed by atoms with Crippen LogP contribution < -0.4 is 16.2 Å². The maximum Gasteiger partial charge on any atom is 0.452 e. The summed E-state index contributed by atoms with van der Waals surface area (Å²) < 4.78 is 59.5. The van der Waals surface area contributed by atoms with Crippen LogP contribution >= 0.6 is 0 Å². The molecule has 0 saturated heterocycles. The molecule has 0 aliphatic heterocycles. The summed E-state index contributed by atoms with van der Waals surface area (Å²) in [5, 5.41) is 4.31. The summed E-state index contributed by atoms with van der Waals surface area (Å²) in [6.07, 6.45) is -5.71. The second kappa shape index (κ2) is 13.6. The van der Waals surface area contributed by atoms with Crippen LogP contribution in [0, 0.1) is 5.82 Å². The van der Waals surface area contributed by atoms with Crippen LogP contribution in [0.5, 0.6) is 0 Å². The molecule has 1 atom stereocenters. The van der Waals surface area contributed by atoms with Gasteiger partial charge in [0, 0.05) is 12.0 Å². The first-order chi connectivity index (χ1) is 20.5. The minimum atomic E-state index is -5.24. The molecule has 13 heteroatoms. The number of anilines is 1. The number of ketones is 1. The van der Waals surface area contributed by atoms with Crippen molar-refractivity contribution in [2.75, 3.05) is 5.32 Å². The van der Waals surface area contributed by atoms with E-state index in [1.807, 2.05) is 0 Å². The molecular formula is C30H24F4N4O5. The molecule has 4 rings (SSSR count). The van der Waals surface area contributed by atoms with Gasteiger partial charge in [0.25, 0.3) is 11.3 Å². The van der Waals surface area contributed by atoms with Crippen molar-refractivity contribution in [2.24, 2.45) is 0 Å². The number of benzene rings is 3. The Kier molecular flexibility index (Phi) is 9.65. The Hall–Kier alpha value is -5.33. The lowest BCUT2D eigenvalue weighted by molar-refractivity contribution is -0.173. The minimum Gasteiger partial charge on any atom is -0.444 e. The number of nitrogens with zero attached hydrogens (tertiary/aromatic N) is 2. The number of halogens is 4. The van der Waals surface area contributed by atoms with Gasteiger partial charge in [0.2, 0.25) is 5.91 Å². The highest BCUT2D eigenvalue weighted by molar-refractivity contribution is 5.93. The van der Waals surface area contributed by atoms with E-state index in [1.165, 1.54) is 24.3 Å². The molecule has 2 amide bonds. The average Bonchev–Trinajstić information content (AvgIpc) is 2.98. The second-order valence-electron chi connectivity index (χ2n) is 9.25. The quantitative estimate of drug-likeness (QED) is 0.257. The number of hydrogen-bond acceptors (Lipinski definition) is 6. The molecular weight excluding hydrogens is 572 g/mol. The number of ether oxygens (including phenoxy) is 1. The summed E-state index contributed by atoms with van der Waals surface area (Å²) in [6.45, 7) is -0.996. The number of amides is 2. The molecule has 1 aromatic heterocycles. The number of alkyl halides is 3. The van der Waals surface area contributed by atoms with E-state index in [0.29, 0.717) is 11.1 Å². The molecule has 3 aromatic carbocycles. The first-order valence-corrected chi connectivity index (χ1v) is 12.8. The van der Waals surface area contributed by atoms with Crippen molar-refractivity contribution in [3.8, 4) is 11.4 Å². The zero-order chi connectivity index (χ0) is 31.0. The molecule has 0 saturated carbocycles. The van der Waals surface area contributed by atoms with Crippen molar-refractivity contribution in [1.29, 1.82) is 0 Å². The third kappa shape index (κ3) is 8.35. The van der Waals surface area contributed by atoms with E-state index in [9.17, 15) is 36.7 Å². The van der Waals surface area contributed by atoms with Gasteiger partial charge in [-0.05, 0) is 35.4 Å². The standard InChI is InChI=1S/C30H24F4N4O5/c31-22-13-11-21(12-14-22)27-35-16-24(37-29(42)43-18-20-9-5-2-6-10-20)28(41)38(27)17-25(39)36-23(26(40)30(32,33)34)15-19-7-3-1-4-8-19/h1-14,16,23H,15,17-18H2,(H,36,39)(H,37,42). The molecule has 222 valence electrons. The summed E-state index contributed by atoms with van der Waals surface area (Å²) in [5.41, 5.74) is -0.130. The van der Waals surface area contributed by atoms with Gasteiger partial charge in [-0.2, -0.15) is 13.2 Å². The van der Waals surface area contributed by atoms with Gasteiger partial charge in [0.1, 0.15) is 36.5 Å². The van der Waals surface area contributed by atoms with Gasteiger partial charge in [-0.1, -0.05) is 60.7 Å². The van der Waals surface area contributed by atoms with E-state index in [4.69, 9.17) is 4.74 Å².